The number of fused-ring (bicyclic) bond motifs is 2. The Labute approximate surface area is 198 Å². The number of aryl methyl sites for hydroxylation is 2. The van der Waals surface area contributed by atoms with Crippen LogP contribution in [-0.2, 0) is 11.3 Å². The van der Waals surface area contributed by atoms with Gasteiger partial charge in [-0.3, -0.25) is 14.2 Å². The van der Waals surface area contributed by atoms with Crippen LogP contribution in [-0.4, -0.2) is 28.7 Å². The Morgan fingerprint density at radius 3 is 2.67 bits per heavy atom. The number of amides is 1. The Morgan fingerprint density at radius 2 is 1.91 bits per heavy atom. The first-order valence-electron chi connectivity index (χ1n) is 10.4. The second-order valence-corrected chi connectivity index (χ2v) is 8.98. The van der Waals surface area contributed by atoms with E-state index in [1.165, 1.54) is 22.2 Å². The third kappa shape index (κ3) is 4.31. The maximum atomic E-state index is 13.2. The number of hydrogen-bond acceptors (Lipinski definition) is 6. The Bertz CT molecular complexity index is 1410. The van der Waals surface area contributed by atoms with Gasteiger partial charge in [0.05, 0.1) is 22.4 Å². The van der Waals surface area contributed by atoms with E-state index in [1.807, 2.05) is 36.6 Å². The molecule has 0 saturated carbocycles. The van der Waals surface area contributed by atoms with Crippen molar-refractivity contribution >= 4 is 44.7 Å². The Balaban J connectivity index is 1.34. The van der Waals surface area contributed by atoms with Gasteiger partial charge < -0.3 is 14.8 Å². The lowest BCUT2D eigenvalue weighted by Crippen LogP contribution is -2.23. The second kappa shape index (κ2) is 8.88. The lowest BCUT2D eigenvalue weighted by molar-refractivity contribution is -0.116. The molecular formula is C24H20ClN3O4S. The summed E-state index contributed by atoms with van der Waals surface area (Å²) in [5.41, 5.74) is 3.25. The first-order chi connectivity index (χ1) is 16.0. The van der Waals surface area contributed by atoms with Crippen LogP contribution in [0, 0.1) is 6.92 Å². The van der Waals surface area contributed by atoms with E-state index in [9.17, 15) is 9.59 Å². The van der Waals surface area contributed by atoms with Crippen LogP contribution in [0.4, 0.5) is 5.69 Å². The highest BCUT2D eigenvalue weighted by atomic mass is 35.5. The summed E-state index contributed by atoms with van der Waals surface area (Å²) in [7, 11) is 0. The third-order valence-corrected chi connectivity index (χ3v) is 6.61. The molecule has 0 unspecified atom stereocenters. The van der Waals surface area contributed by atoms with Crippen molar-refractivity contribution in [2.75, 3.05) is 18.5 Å². The van der Waals surface area contributed by atoms with E-state index in [0.717, 1.165) is 16.7 Å². The zero-order chi connectivity index (χ0) is 22.9. The van der Waals surface area contributed by atoms with Gasteiger partial charge in [0.15, 0.2) is 11.5 Å². The van der Waals surface area contributed by atoms with E-state index in [0.29, 0.717) is 45.6 Å². The molecule has 0 spiro atoms. The summed E-state index contributed by atoms with van der Waals surface area (Å²) in [6.45, 7) is 3.11. The fraction of sp³-hybridized carbons (Fsp3) is 0.208. The quantitative estimate of drug-likeness (QED) is 0.439. The van der Waals surface area contributed by atoms with Gasteiger partial charge >= 0.3 is 0 Å². The first-order valence-corrected chi connectivity index (χ1v) is 11.7. The van der Waals surface area contributed by atoms with Crippen LogP contribution in [0.5, 0.6) is 11.5 Å². The highest BCUT2D eigenvalue weighted by Crippen LogP contribution is 2.38. The minimum Gasteiger partial charge on any atom is -0.486 e. The van der Waals surface area contributed by atoms with Crippen molar-refractivity contribution in [3.05, 3.63) is 69.0 Å². The maximum absolute atomic E-state index is 13.2. The number of thiophene rings is 1. The average Bonchev–Trinajstić information content (AvgIpc) is 3.25. The van der Waals surface area contributed by atoms with Gasteiger partial charge in [0.2, 0.25) is 5.91 Å². The highest BCUT2D eigenvalue weighted by molar-refractivity contribution is 7.17. The second-order valence-electron chi connectivity index (χ2n) is 7.71. The number of carbonyl (C=O) groups excluding carboxylic acids is 1. The Hall–Kier alpha value is -3.36. The molecule has 1 aliphatic heterocycles. The Kier molecular flexibility index (Phi) is 5.78. The summed E-state index contributed by atoms with van der Waals surface area (Å²) < 4.78 is 12.5. The van der Waals surface area contributed by atoms with E-state index in [1.54, 1.807) is 12.1 Å². The molecule has 5 rings (SSSR count). The van der Waals surface area contributed by atoms with Crippen LogP contribution in [0.3, 0.4) is 0 Å². The van der Waals surface area contributed by atoms with Gasteiger partial charge in [-0.25, -0.2) is 4.98 Å². The number of benzene rings is 2. The highest BCUT2D eigenvalue weighted by Gasteiger charge is 2.17. The zero-order valence-electron chi connectivity index (χ0n) is 17.8. The number of halogens is 1. The van der Waals surface area contributed by atoms with Crippen molar-refractivity contribution in [1.82, 2.24) is 9.55 Å². The maximum Gasteiger partial charge on any atom is 0.262 e. The number of anilines is 1. The summed E-state index contributed by atoms with van der Waals surface area (Å²) in [6.07, 6.45) is 1.58. The molecule has 0 saturated heterocycles. The molecule has 3 heterocycles. The van der Waals surface area contributed by atoms with Crippen LogP contribution < -0.4 is 20.3 Å². The van der Waals surface area contributed by atoms with Crippen LogP contribution in [0.25, 0.3) is 21.3 Å². The van der Waals surface area contributed by atoms with Crippen molar-refractivity contribution in [2.24, 2.45) is 0 Å². The van der Waals surface area contributed by atoms with Crippen molar-refractivity contribution in [2.45, 2.75) is 19.9 Å². The molecule has 2 aromatic carbocycles. The van der Waals surface area contributed by atoms with Crippen LogP contribution in [0.2, 0.25) is 5.02 Å². The molecule has 2 aromatic heterocycles. The zero-order valence-corrected chi connectivity index (χ0v) is 19.3. The summed E-state index contributed by atoms with van der Waals surface area (Å²) >= 11 is 7.71. The summed E-state index contributed by atoms with van der Waals surface area (Å²) in [4.78, 5) is 30.9. The van der Waals surface area contributed by atoms with Crippen LogP contribution in [0.15, 0.2) is 52.9 Å². The number of nitrogens with zero attached hydrogens (tertiary/aromatic N) is 2. The van der Waals surface area contributed by atoms with Gasteiger partial charge in [-0.2, -0.15) is 0 Å². The van der Waals surface area contributed by atoms with Gasteiger partial charge in [-0.15, -0.1) is 11.3 Å². The first kappa shape index (κ1) is 21.5. The van der Waals surface area contributed by atoms with Crippen LogP contribution >= 0.6 is 22.9 Å². The Morgan fingerprint density at radius 1 is 1.18 bits per heavy atom. The molecule has 0 bridgehead atoms. The van der Waals surface area contributed by atoms with Gasteiger partial charge in [-0.1, -0.05) is 41.4 Å². The molecule has 0 aliphatic carbocycles. The third-order valence-electron chi connectivity index (χ3n) is 5.41. The molecule has 9 heteroatoms. The van der Waals surface area contributed by atoms with Crippen molar-refractivity contribution in [3.63, 3.8) is 0 Å². The van der Waals surface area contributed by atoms with Gasteiger partial charge in [0.25, 0.3) is 5.56 Å². The normalized spacial score (nSPS) is 12.7. The lowest BCUT2D eigenvalue weighted by atomic mass is 10.1. The molecule has 0 fully saturated rings. The summed E-state index contributed by atoms with van der Waals surface area (Å²) in [5, 5.41) is 5.66. The van der Waals surface area contributed by atoms with Crippen molar-refractivity contribution in [3.8, 4) is 22.6 Å². The average molecular weight is 482 g/mol. The number of aromatic nitrogens is 2. The monoisotopic (exact) mass is 481 g/mol. The molecule has 4 aromatic rings. The van der Waals surface area contributed by atoms with E-state index in [4.69, 9.17) is 21.1 Å². The van der Waals surface area contributed by atoms with Crippen molar-refractivity contribution < 1.29 is 14.3 Å². The van der Waals surface area contributed by atoms with Crippen LogP contribution in [0.1, 0.15) is 12.0 Å². The SMILES string of the molecule is Cc1ccc(-c2csc3ncn(CCC(=O)Nc4cc5c(cc4Cl)OCCO5)c(=O)c23)cc1. The number of rotatable bonds is 5. The van der Waals surface area contributed by atoms with Gasteiger partial charge in [0, 0.05) is 36.0 Å². The van der Waals surface area contributed by atoms with E-state index in [-0.39, 0.29) is 24.4 Å². The smallest absolute Gasteiger partial charge is 0.262 e. The predicted molar refractivity (Wildman–Crippen MR) is 130 cm³/mol. The summed E-state index contributed by atoms with van der Waals surface area (Å²) in [5.74, 6) is 0.813. The minimum atomic E-state index is -0.273. The summed E-state index contributed by atoms with van der Waals surface area (Å²) in [6, 6.07) is 11.3. The molecule has 1 N–H and O–H groups in total. The minimum absolute atomic E-state index is 0.0852. The fourth-order valence-electron chi connectivity index (χ4n) is 3.67. The van der Waals surface area contributed by atoms with E-state index >= 15 is 0 Å². The number of nitrogens with one attached hydrogen (secondary N) is 1. The van der Waals surface area contributed by atoms with E-state index in [2.05, 4.69) is 10.3 Å². The van der Waals surface area contributed by atoms with Crippen molar-refractivity contribution in [1.29, 1.82) is 0 Å². The number of hydrogen-bond donors (Lipinski definition) is 1. The van der Waals surface area contributed by atoms with E-state index < -0.39 is 0 Å². The molecule has 33 heavy (non-hydrogen) atoms. The topological polar surface area (TPSA) is 82.5 Å². The number of ether oxygens (including phenoxy) is 2. The molecule has 0 atom stereocenters. The molecule has 168 valence electrons. The largest absolute Gasteiger partial charge is 0.486 e. The number of carbonyl (C=O) groups is 1. The standard InChI is InChI=1S/C24H20ClN3O4S/c1-14-2-4-15(5-3-14)16-12-33-23-22(16)24(30)28(13-26-23)7-6-21(29)27-18-11-20-19(10-17(18)25)31-8-9-32-20/h2-5,10-13H,6-9H2,1H3,(H,27,29). The van der Waals surface area contributed by atoms with Gasteiger partial charge in [-0.05, 0) is 12.5 Å². The fourth-order valence-corrected chi connectivity index (χ4v) is 4.77. The lowest BCUT2D eigenvalue weighted by Gasteiger charge is -2.20. The molecule has 1 aliphatic rings. The molecule has 0 radical (unpaired) electrons. The predicted octanol–water partition coefficient (Wildman–Crippen LogP) is 4.89. The molecule has 7 nitrogen and oxygen atoms in total. The molecule has 1 amide bonds. The molecular weight excluding hydrogens is 462 g/mol. The van der Waals surface area contributed by atoms with Gasteiger partial charge in [0.1, 0.15) is 18.0 Å².